The highest BCUT2D eigenvalue weighted by atomic mass is 19.4. The normalized spacial score (nSPS) is 15.7. The second-order valence-corrected chi connectivity index (χ2v) is 3.83. The zero-order valence-electron chi connectivity index (χ0n) is 9.44. The highest BCUT2D eigenvalue weighted by Crippen LogP contribution is 2.34. The van der Waals surface area contributed by atoms with Crippen molar-refractivity contribution >= 4 is 0 Å². The van der Waals surface area contributed by atoms with Gasteiger partial charge >= 0.3 is 6.18 Å². The molecule has 0 radical (unpaired) electrons. The lowest BCUT2D eigenvalue weighted by molar-refractivity contribution is -0.140. The van der Waals surface area contributed by atoms with Crippen molar-refractivity contribution in [1.29, 1.82) is 0 Å². The summed E-state index contributed by atoms with van der Waals surface area (Å²) >= 11 is 0. The number of benzene rings is 1. The largest absolute Gasteiger partial charge is 0.419 e. The highest BCUT2D eigenvalue weighted by molar-refractivity contribution is 5.31. The molecule has 1 aromatic rings. The van der Waals surface area contributed by atoms with Crippen LogP contribution in [0.5, 0.6) is 0 Å². The third-order valence-corrected chi connectivity index (χ3v) is 2.72. The molecule has 1 unspecified atom stereocenters. The van der Waals surface area contributed by atoms with Crippen LogP contribution in [0.4, 0.5) is 17.6 Å². The topological polar surface area (TPSA) is 35.2 Å². The van der Waals surface area contributed by atoms with Gasteiger partial charge in [0, 0.05) is 13.7 Å². The second-order valence-electron chi connectivity index (χ2n) is 3.83. The van der Waals surface area contributed by atoms with Crippen molar-refractivity contribution in [3.63, 3.8) is 0 Å². The van der Waals surface area contributed by atoms with Gasteiger partial charge in [-0.2, -0.15) is 13.2 Å². The predicted octanol–water partition coefficient (Wildman–Crippen LogP) is 2.66. The van der Waals surface area contributed by atoms with E-state index in [-0.39, 0.29) is 12.1 Å². The molecule has 0 aromatic heterocycles. The fraction of sp³-hybridized carbons (Fsp3) is 0.455. The summed E-state index contributed by atoms with van der Waals surface area (Å²) in [5.41, 5.74) is 3.26. The number of halogens is 4. The number of alkyl halides is 3. The van der Waals surface area contributed by atoms with E-state index in [0.717, 1.165) is 12.1 Å². The molecule has 2 N–H and O–H groups in total. The van der Waals surface area contributed by atoms with Crippen molar-refractivity contribution in [2.75, 3.05) is 13.7 Å². The molecule has 0 heterocycles. The third kappa shape index (κ3) is 2.76. The number of hydrogen-bond donors (Lipinski definition) is 1. The summed E-state index contributed by atoms with van der Waals surface area (Å²) in [5.74, 6) is -1.31. The molecule has 0 bridgehead atoms. The van der Waals surface area contributed by atoms with Crippen LogP contribution >= 0.6 is 0 Å². The van der Waals surface area contributed by atoms with Gasteiger partial charge in [-0.25, -0.2) is 4.39 Å². The van der Waals surface area contributed by atoms with Crippen molar-refractivity contribution in [3.05, 3.63) is 35.1 Å². The lowest BCUT2D eigenvalue weighted by atomic mass is 9.94. The van der Waals surface area contributed by atoms with Crippen LogP contribution in [0.2, 0.25) is 0 Å². The molecule has 0 aliphatic heterocycles. The van der Waals surface area contributed by atoms with Gasteiger partial charge in [0.15, 0.2) is 0 Å². The van der Waals surface area contributed by atoms with E-state index in [4.69, 9.17) is 10.5 Å². The third-order valence-electron chi connectivity index (χ3n) is 2.72. The zero-order chi connectivity index (χ0) is 13.3. The average Bonchev–Trinajstić information content (AvgIpc) is 2.27. The molecule has 0 saturated heterocycles. The van der Waals surface area contributed by atoms with Gasteiger partial charge in [-0.15, -0.1) is 0 Å². The molecule has 0 saturated carbocycles. The molecule has 2 nitrogen and oxygen atoms in total. The maximum Gasteiger partial charge on any atom is 0.419 e. The van der Waals surface area contributed by atoms with Gasteiger partial charge in [-0.05, 0) is 24.6 Å². The molecule has 1 aromatic carbocycles. The van der Waals surface area contributed by atoms with Crippen LogP contribution in [0.3, 0.4) is 0 Å². The van der Waals surface area contributed by atoms with Gasteiger partial charge in [-0.3, -0.25) is 0 Å². The van der Waals surface area contributed by atoms with E-state index < -0.39 is 23.2 Å². The molecule has 0 fully saturated rings. The molecular formula is C11H13F4NO. The molecule has 0 aliphatic rings. The first-order chi connectivity index (χ1) is 7.74. The smallest absolute Gasteiger partial charge is 0.372 e. The van der Waals surface area contributed by atoms with Crippen LogP contribution in [0, 0.1) is 5.82 Å². The molecule has 0 amide bonds. The van der Waals surface area contributed by atoms with E-state index in [9.17, 15) is 17.6 Å². The van der Waals surface area contributed by atoms with Crippen LogP contribution in [-0.4, -0.2) is 13.7 Å². The average molecular weight is 251 g/mol. The lowest BCUT2D eigenvalue weighted by Gasteiger charge is -2.27. The van der Waals surface area contributed by atoms with Crippen molar-refractivity contribution < 1.29 is 22.3 Å². The fourth-order valence-electron chi connectivity index (χ4n) is 1.39. The molecule has 96 valence electrons. The van der Waals surface area contributed by atoms with Crippen molar-refractivity contribution in [3.8, 4) is 0 Å². The summed E-state index contributed by atoms with van der Waals surface area (Å²) in [5, 5.41) is 0. The Morgan fingerprint density at radius 2 is 1.88 bits per heavy atom. The first-order valence-corrected chi connectivity index (χ1v) is 4.87. The monoisotopic (exact) mass is 251 g/mol. The maximum absolute atomic E-state index is 13.1. The highest BCUT2D eigenvalue weighted by Gasteiger charge is 2.36. The summed E-state index contributed by atoms with van der Waals surface area (Å²) in [4.78, 5) is 0. The van der Waals surface area contributed by atoms with Crippen molar-refractivity contribution in [2.45, 2.75) is 18.7 Å². The Morgan fingerprint density at radius 1 is 1.29 bits per heavy atom. The minimum absolute atomic E-state index is 0.00751. The number of ether oxygens (including phenoxy) is 1. The van der Waals surface area contributed by atoms with E-state index in [1.165, 1.54) is 13.2 Å². The summed E-state index contributed by atoms with van der Waals surface area (Å²) in [6.07, 6.45) is -4.73. The van der Waals surface area contributed by atoms with Crippen molar-refractivity contribution in [1.82, 2.24) is 0 Å². The minimum Gasteiger partial charge on any atom is -0.372 e. The first kappa shape index (κ1) is 13.9. The maximum atomic E-state index is 13.1. The molecule has 17 heavy (non-hydrogen) atoms. The van der Waals surface area contributed by atoms with Crippen LogP contribution < -0.4 is 5.73 Å². The minimum atomic E-state index is -4.73. The number of methoxy groups -OCH3 is 1. The van der Waals surface area contributed by atoms with E-state index >= 15 is 0 Å². The number of rotatable bonds is 3. The standard InChI is InChI=1S/C11H13F4NO/c1-10(6-16,17-2)7-3-4-9(12)8(5-7)11(13,14)15/h3-5H,6,16H2,1-2H3. The van der Waals surface area contributed by atoms with Crippen molar-refractivity contribution in [2.24, 2.45) is 5.73 Å². The Hall–Kier alpha value is -1.14. The number of nitrogens with two attached hydrogens (primary N) is 1. The van der Waals surface area contributed by atoms with E-state index in [1.807, 2.05) is 0 Å². The second kappa shape index (κ2) is 4.62. The van der Waals surface area contributed by atoms with Crippen LogP contribution in [0.1, 0.15) is 18.1 Å². The van der Waals surface area contributed by atoms with Gasteiger partial charge in [0.25, 0.3) is 0 Å². The Kier molecular flexibility index (Phi) is 3.78. The molecule has 0 aliphatic carbocycles. The Bertz CT molecular complexity index is 399. The summed E-state index contributed by atoms with van der Waals surface area (Å²) in [6, 6.07) is 2.73. The Morgan fingerprint density at radius 3 is 2.29 bits per heavy atom. The quantitative estimate of drug-likeness (QED) is 0.838. The first-order valence-electron chi connectivity index (χ1n) is 4.87. The van der Waals surface area contributed by atoms with E-state index in [0.29, 0.717) is 0 Å². The number of hydrogen-bond acceptors (Lipinski definition) is 2. The zero-order valence-corrected chi connectivity index (χ0v) is 9.44. The molecule has 0 spiro atoms. The summed E-state index contributed by atoms with van der Waals surface area (Å²) in [6.45, 7) is 1.53. The SMILES string of the molecule is COC(C)(CN)c1ccc(F)c(C(F)(F)F)c1. The van der Waals surface area contributed by atoms with E-state index in [1.54, 1.807) is 6.92 Å². The predicted molar refractivity (Wildman–Crippen MR) is 54.8 cm³/mol. The van der Waals surface area contributed by atoms with Crippen LogP contribution in [0.15, 0.2) is 18.2 Å². The molecule has 6 heteroatoms. The fourth-order valence-corrected chi connectivity index (χ4v) is 1.39. The Labute approximate surface area is 96.4 Å². The van der Waals surface area contributed by atoms with E-state index in [2.05, 4.69) is 0 Å². The van der Waals surface area contributed by atoms with Gasteiger partial charge in [0.1, 0.15) is 11.4 Å². The van der Waals surface area contributed by atoms with Gasteiger partial charge in [-0.1, -0.05) is 6.07 Å². The van der Waals surface area contributed by atoms with Gasteiger partial charge in [0.05, 0.1) is 5.56 Å². The lowest BCUT2D eigenvalue weighted by Crippen LogP contribution is -2.34. The molecule has 1 rings (SSSR count). The molecular weight excluding hydrogens is 238 g/mol. The van der Waals surface area contributed by atoms with Gasteiger partial charge < -0.3 is 10.5 Å². The van der Waals surface area contributed by atoms with Crippen LogP contribution in [-0.2, 0) is 16.5 Å². The molecule has 1 atom stereocenters. The summed E-state index contributed by atoms with van der Waals surface area (Å²) < 4.78 is 55.7. The Balaban J connectivity index is 3.31. The van der Waals surface area contributed by atoms with Crippen LogP contribution in [0.25, 0.3) is 0 Å². The summed E-state index contributed by atoms with van der Waals surface area (Å²) in [7, 11) is 1.34. The van der Waals surface area contributed by atoms with Gasteiger partial charge in [0.2, 0.25) is 0 Å².